The highest BCUT2D eigenvalue weighted by Crippen LogP contribution is 2.13. The van der Waals surface area contributed by atoms with Gasteiger partial charge in [0.1, 0.15) is 0 Å². The van der Waals surface area contributed by atoms with Gasteiger partial charge in [-0.3, -0.25) is 14.5 Å². The number of nitrogens with one attached hydrogen (secondary N) is 2. The summed E-state index contributed by atoms with van der Waals surface area (Å²) in [6.07, 6.45) is 1.55. The molecule has 1 fully saturated rings. The topological polar surface area (TPSA) is 105 Å². The van der Waals surface area contributed by atoms with Crippen molar-refractivity contribution in [1.82, 2.24) is 15.5 Å². The van der Waals surface area contributed by atoms with E-state index in [0.717, 1.165) is 23.3 Å². The lowest BCUT2D eigenvalue weighted by Gasteiger charge is -2.26. The number of carbonyl (C=O) groups excluding carboxylic acids is 3. The first-order valence-electron chi connectivity index (χ1n) is 8.12. The molecule has 1 aliphatic heterocycles. The number of rotatable bonds is 7. The number of carbonyl (C=O) groups is 3. The summed E-state index contributed by atoms with van der Waals surface area (Å²) in [6.45, 7) is 4.56. The molecule has 0 saturated carbocycles. The maximum Gasteiger partial charge on any atom is 0.324 e. The fourth-order valence-electron chi connectivity index (χ4n) is 2.47. The van der Waals surface area contributed by atoms with E-state index < -0.39 is 11.6 Å². The molecule has 1 aliphatic rings. The molecule has 0 atom stereocenters. The van der Waals surface area contributed by atoms with Crippen LogP contribution in [0.3, 0.4) is 0 Å². The number of nitrogens with zero attached hydrogens (tertiary/aromatic N) is 1. The van der Waals surface area contributed by atoms with Gasteiger partial charge in [-0.25, -0.2) is 4.79 Å². The highest BCUT2D eigenvalue weighted by Gasteiger charge is 2.28. The van der Waals surface area contributed by atoms with Gasteiger partial charge in [0.2, 0.25) is 5.91 Å². The van der Waals surface area contributed by atoms with Gasteiger partial charge in [-0.2, -0.15) is 0 Å². The Kier molecular flexibility index (Phi) is 5.56. The summed E-state index contributed by atoms with van der Waals surface area (Å²) < 4.78 is 0. The lowest BCUT2D eigenvalue weighted by molar-refractivity contribution is -0.125. The first-order valence-corrected chi connectivity index (χ1v) is 8.12. The molecule has 0 radical (unpaired) electrons. The second-order valence-electron chi connectivity index (χ2n) is 6.09. The first-order chi connectivity index (χ1) is 11.4. The second kappa shape index (κ2) is 7.44. The molecule has 130 valence electrons. The fraction of sp³-hybridized carbons (Fsp3) is 0.471. The molecule has 7 heteroatoms. The normalized spacial score (nSPS) is 14.7. The molecule has 24 heavy (non-hydrogen) atoms. The molecule has 1 heterocycles. The largest absolute Gasteiger partial charge is 0.350 e. The van der Waals surface area contributed by atoms with Crippen LogP contribution in [0.4, 0.5) is 4.79 Å². The van der Waals surface area contributed by atoms with Crippen LogP contribution in [0.25, 0.3) is 0 Å². The lowest BCUT2D eigenvalue weighted by Crippen LogP contribution is -2.49. The van der Waals surface area contributed by atoms with Crippen LogP contribution in [-0.4, -0.2) is 41.4 Å². The van der Waals surface area contributed by atoms with E-state index in [2.05, 4.69) is 10.6 Å². The highest BCUT2D eigenvalue weighted by molar-refractivity contribution is 6.02. The molecule has 0 unspecified atom stereocenters. The van der Waals surface area contributed by atoms with Crippen LogP contribution in [0, 0.1) is 0 Å². The molecule has 1 aromatic rings. The minimum absolute atomic E-state index is 0.0195. The van der Waals surface area contributed by atoms with Gasteiger partial charge in [-0.1, -0.05) is 26.0 Å². The van der Waals surface area contributed by atoms with Crippen molar-refractivity contribution in [3.63, 3.8) is 0 Å². The molecule has 1 aromatic carbocycles. The molecular formula is C17H24N4O3. The smallest absolute Gasteiger partial charge is 0.324 e. The summed E-state index contributed by atoms with van der Waals surface area (Å²) in [7, 11) is 0. The van der Waals surface area contributed by atoms with Crippen LogP contribution < -0.4 is 16.4 Å². The van der Waals surface area contributed by atoms with Crippen LogP contribution in [0.15, 0.2) is 24.3 Å². The number of benzene rings is 1. The van der Waals surface area contributed by atoms with Crippen molar-refractivity contribution in [3.05, 3.63) is 35.4 Å². The van der Waals surface area contributed by atoms with Crippen molar-refractivity contribution >= 4 is 17.8 Å². The molecule has 0 spiro atoms. The van der Waals surface area contributed by atoms with E-state index in [-0.39, 0.29) is 24.9 Å². The third-order valence-electron chi connectivity index (χ3n) is 4.48. The van der Waals surface area contributed by atoms with Crippen molar-refractivity contribution < 1.29 is 14.4 Å². The van der Waals surface area contributed by atoms with Crippen molar-refractivity contribution in [2.75, 3.05) is 13.1 Å². The maximum atomic E-state index is 12.3. The van der Waals surface area contributed by atoms with Gasteiger partial charge in [-0.05, 0) is 30.5 Å². The van der Waals surface area contributed by atoms with Crippen LogP contribution in [0.2, 0.25) is 0 Å². The van der Waals surface area contributed by atoms with Crippen LogP contribution in [0.5, 0.6) is 0 Å². The quantitative estimate of drug-likeness (QED) is 0.648. The van der Waals surface area contributed by atoms with Crippen LogP contribution >= 0.6 is 0 Å². The predicted molar refractivity (Wildman–Crippen MR) is 90.2 cm³/mol. The Bertz CT molecular complexity index is 624. The number of hydrogen-bond acceptors (Lipinski definition) is 4. The third-order valence-corrected chi connectivity index (χ3v) is 4.48. The van der Waals surface area contributed by atoms with Crippen LogP contribution in [-0.2, 0) is 11.3 Å². The summed E-state index contributed by atoms with van der Waals surface area (Å²) >= 11 is 0. The molecule has 0 aliphatic carbocycles. The van der Waals surface area contributed by atoms with E-state index in [0.29, 0.717) is 12.1 Å². The highest BCUT2D eigenvalue weighted by atomic mass is 16.2. The maximum absolute atomic E-state index is 12.3. The Morgan fingerprint density at radius 3 is 2.62 bits per heavy atom. The molecule has 2 rings (SSSR count). The zero-order chi connectivity index (χ0) is 17.7. The zero-order valence-electron chi connectivity index (χ0n) is 14.1. The monoisotopic (exact) mass is 332 g/mol. The Hall–Kier alpha value is -2.41. The molecular weight excluding hydrogens is 308 g/mol. The number of imide groups is 1. The average molecular weight is 332 g/mol. The number of urea groups is 1. The number of amides is 4. The van der Waals surface area contributed by atoms with Gasteiger partial charge < -0.3 is 16.4 Å². The Balaban J connectivity index is 2.03. The standard InChI is InChI=1S/C17H24N4O3/c1-3-17(18,4-2)11-20-15(23)13-7-5-6-12(8-13)10-21-14(22)9-19-16(21)24/h5-8H,3-4,9-11,18H2,1-2H3,(H,19,24)(H,20,23). The molecule has 0 aromatic heterocycles. The van der Waals surface area contributed by atoms with Gasteiger partial charge in [0.05, 0.1) is 13.1 Å². The molecule has 4 N–H and O–H groups in total. The van der Waals surface area contributed by atoms with E-state index in [1.54, 1.807) is 24.3 Å². The Morgan fingerprint density at radius 1 is 1.33 bits per heavy atom. The molecule has 4 amide bonds. The van der Waals surface area contributed by atoms with Gasteiger partial charge in [0, 0.05) is 17.6 Å². The van der Waals surface area contributed by atoms with E-state index in [4.69, 9.17) is 5.73 Å². The number of nitrogens with two attached hydrogens (primary N) is 1. The van der Waals surface area contributed by atoms with Crippen molar-refractivity contribution in [2.45, 2.75) is 38.8 Å². The van der Waals surface area contributed by atoms with Crippen molar-refractivity contribution in [1.29, 1.82) is 0 Å². The van der Waals surface area contributed by atoms with Crippen LogP contribution in [0.1, 0.15) is 42.6 Å². The molecule has 7 nitrogen and oxygen atoms in total. The predicted octanol–water partition coefficient (Wildman–Crippen LogP) is 0.986. The Labute approximate surface area is 141 Å². The lowest BCUT2D eigenvalue weighted by atomic mass is 9.94. The summed E-state index contributed by atoms with van der Waals surface area (Å²) in [5.74, 6) is -0.487. The third kappa shape index (κ3) is 4.11. The average Bonchev–Trinajstić information content (AvgIpc) is 2.91. The van der Waals surface area contributed by atoms with E-state index >= 15 is 0 Å². The zero-order valence-corrected chi connectivity index (χ0v) is 14.1. The first kappa shape index (κ1) is 17.9. The number of hydrogen-bond donors (Lipinski definition) is 3. The van der Waals surface area contributed by atoms with E-state index in [9.17, 15) is 14.4 Å². The minimum Gasteiger partial charge on any atom is -0.350 e. The molecule has 1 saturated heterocycles. The summed E-state index contributed by atoms with van der Waals surface area (Å²) in [5, 5.41) is 5.33. The van der Waals surface area contributed by atoms with Gasteiger partial charge >= 0.3 is 6.03 Å². The van der Waals surface area contributed by atoms with E-state index in [1.165, 1.54) is 0 Å². The molecule has 0 bridgehead atoms. The van der Waals surface area contributed by atoms with Crippen molar-refractivity contribution in [2.24, 2.45) is 5.73 Å². The SMILES string of the molecule is CCC(N)(CC)CNC(=O)c1cccc(CN2C(=O)CNC2=O)c1. The summed E-state index contributed by atoms with van der Waals surface area (Å²) in [6, 6.07) is 6.48. The fourth-order valence-corrected chi connectivity index (χ4v) is 2.47. The van der Waals surface area contributed by atoms with Gasteiger partial charge in [0.25, 0.3) is 5.91 Å². The van der Waals surface area contributed by atoms with Gasteiger partial charge in [-0.15, -0.1) is 0 Å². The second-order valence-corrected chi connectivity index (χ2v) is 6.09. The Morgan fingerprint density at radius 2 is 2.04 bits per heavy atom. The summed E-state index contributed by atoms with van der Waals surface area (Å²) in [4.78, 5) is 36.7. The van der Waals surface area contributed by atoms with E-state index in [1.807, 2.05) is 13.8 Å². The van der Waals surface area contributed by atoms with Crippen molar-refractivity contribution in [3.8, 4) is 0 Å². The van der Waals surface area contributed by atoms with Gasteiger partial charge in [0.15, 0.2) is 0 Å². The summed E-state index contributed by atoms with van der Waals surface area (Å²) in [5.41, 5.74) is 6.98. The minimum atomic E-state index is -0.409.